The maximum absolute atomic E-state index is 12.0. The highest BCUT2D eigenvalue weighted by Gasteiger charge is 2.26. The summed E-state index contributed by atoms with van der Waals surface area (Å²) >= 11 is 3.28. The number of anilines is 1. The average molecular weight is 364 g/mol. The normalized spacial score (nSPS) is 19.2. The molecular formula is C16H21N5OS2. The smallest absolute Gasteiger partial charge is 0.240 e. The molecule has 8 heteroatoms. The highest BCUT2D eigenvalue weighted by molar-refractivity contribution is 7.13. The Balaban J connectivity index is 1.28. The predicted octanol–water partition coefficient (Wildman–Crippen LogP) is 2.69. The zero-order valence-electron chi connectivity index (χ0n) is 13.5. The standard InChI is InChI=1S/C16H21N5OS2/c22-14(19-16-20-17-10-23-16)9-21-7-5-11(6-8-21)15-18-12-3-1-2-4-13(12)24-15/h10-11H,1-9H2,(H,19,20,22). The van der Waals surface area contributed by atoms with E-state index in [0.717, 1.165) is 32.4 Å². The zero-order chi connectivity index (χ0) is 16.4. The van der Waals surface area contributed by atoms with Crippen molar-refractivity contribution in [3.8, 4) is 0 Å². The Morgan fingerprint density at radius 1 is 1.29 bits per heavy atom. The number of carbonyl (C=O) groups excluding carboxylic acids is 1. The Morgan fingerprint density at radius 2 is 2.12 bits per heavy atom. The van der Waals surface area contributed by atoms with Gasteiger partial charge in [0.2, 0.25) is 11.0 Å². The number of hydrogen-bond acceptors (Lipinski definition) is 7. The second-order valence-electron chi connectivity index (χ2n) is 6.47. The first-order valence-corrected chi connectivity index (χ1v) is 10.2. The van der Waals surface area contributed by atoms with Crippen LogP contribution in [-0.4, -0.2) is 45.6 Å². The van der Waals surface area contributed by atoms with E-state index in [1.807, 2.05) is 11.3 Å². The maximum atomic E-state index is 12.0. The Bertz CT molecular complexity index is 668. The van der Waals surface area contributed by atoms with Gasteiger partial charge in [0.1, 0.15) is 5.51 Å². The first-order chi connectivity index (χ1) is 11.8. The average Bonchev–Trinajstić information content (AvgIpc) is 3.24. The third-order valence-corrected chi connectivity index (χ3v) is 6.70. The van der Waals surface area contributed by atoms with Gasteiger partial charge in [-0.2, -0.15) is 0 Å². The molecule has 2 aliphatic rings. The second-order valence-corrected chi connectivity index (χ2v) is 8.42. The molecule has 1 fully saturated rings. The van der Waals surface area contributed by atoms with Crippen LogP contribution in [0.5, 0.6) is 0 Å². The highest BCUT2D eigenvalue weighted by atomic mass is 32.1. The van der Waals surface area contributed by atoms with Gasteiger partial charge in [0.05, 0.1) is 17.2 Å². The molecule has 0 unspecified atom stereocenters. The molecule has 0 saturated carbocycles. The summed E-state index contributed by atoms with van der Waals surface area (Å²) in [6.07, 6.45) is 7.18. The van der Waals surface area contributed by atoms with Crippen LogP contribution in [0.1, 0.15) is 47.2 Å². The van der Waals surface area contributed by atoms with E-state index in [1.165, 1.54) is 46.2 Å². The number of amides is 1. The van der Waals surface area contributed by atoms with Gasteiger partial charge in [-0.15, -0.1) is 21.5 Å². The van der Waals surface area contributed by atoms with Crippen LogP contribution >= 0.6 is 22.7 Å². The Kier molecular flexibility index (Phi) is 4.86. The number of aryl methyl sites for hydroxylation is 2. The van der Waals surface area contributed by atoms with Crippen molar-refractivity contribution in [2.24, 2.45) is 0 Å². The number of nitrogens with zero attached hydrogens (tertiary/aromatic N) is 4. The van der Waals surface area contributed by atoms with Crippen molar-refractivity contribution < 1.29 is 4.79 Å². The summed E-state index contributed by atoms with van der Waals surface area (Å²) in [5.41, 5.74) is 2.98. The SMILES string of the molecule is O=C(CN1CCC(c2nc3c(s2)CCCC3)CC1)Nc1nncs1. The van der Waals surface area contributed by atoms with Gasteiger partial charge in [-0.25, -0.2) is 4.98 Å². The first kappa shape index (κ1) is 16.1. The number of thiazole rings is 1. The van der Waals surface area contributed by atoms with Crippen LogP contribution < -0.4 is 5.32 Å². The van der Waals surface area contributed by atoms with Crippen LogP contribution in [0.4, 0.5) is 5.13 Å². The van der Waals surface area contributed by atoms with Gasteiger partial charge >= 0.3 is 0 Å². The molecule has 0 radical (unpaired) electrons. The number of likely N-dealkylation sites (tertiary alicyclic amines) is 1. The third-order valence-electron chi connectivity index (χ3n) is 4.77. The van der Waals surface area contributed by atoms with Crippen LogP contribution in [0.15, 0.2) is 5.51 Å². The molecule has 4 rings (SSSR count). The lowest BCUT2D eigenvalue weighted by molar-refractivity contribution is -0.117. The second kappa shape index (κ2) is 7.25. The molecule has 2 aromatic rings. The fourth-order valence-electron chi connectivity index (χ4n) is 3.47. The molecule has 6 nitrogen and oxygen atoms in total. The summed E-state index contributed by atoms with van der Waals surface area (Å²) in [6, 6.07) is 0. The van der Waals surface area contributed by atoms with Gasteiger partial charge in [-0.1, -0.05) is 11.3 Å². The van der Waals surface area contributed by atoms with E-state index in [0.29, 0.717) is 17.6 Å². The fourth-order valence-corrected chi connectivity index (χ4v) is 5.26. The van der Waals surface area contributed by atoms with Crippen molar-refractivity contribution in [3.63, 3.8) is 0 Å². The van der Waals surface area contributed by atoms with Gasteiger partial charge in [0, 0.05) is 10.8 Å². The summed E-state index contributed by atoms with van der Waals surface area (Å²) in [5, 5.41) is 12.3. The number of rotatable bonds is 4. The van der Waals surface area contributed by atoms with Crippen molar-refractivity contribution in [2.45, 2.75) is 44.4 Å². The summed E-state index contributed by atoms with van der Waals surface area (Å²) in [6.45, 7) is 2.34. The molecule has 1 saturated heterocycles. The molecule has 2 aromatic heterocycles. The molecule has 1 N–H and O–H groups in total. The van der Waals surface area contributed by atoms with Crippen LogP contribution in [0, 0.1) is 0 Å². The van der Waals surface area contributed by atoms with Crippen LogP contribution in [0.3, 0.4) is 0 Å². The van der Waals surface area contributed by atoms with Crippen LogP contribution in [-0.2, 0) is 17.6 Å². The molecule has 24 heavy (non-hydrogen) atoms. The van der Waals surface area contributed by atoms with Crippen LogP contribution in [0.25, 0.3) is 0 Å². The number of nitrogens with one attached hydrogen (secondary N) is 1. The molecule has 0 aromatic carbocycles. The molecule has 0 bridgehead atoms. The van der Waals surface area contributed by atoms with E-state index in [2.05, 4.69) is 20.4 Å². The Hall–Kier alpha value is -1.38. The van der Waals surface area contributed by atoms with Crippen molar-refractivity contribution in [1.29, 1.82) is 0 Å². The van der Waals surface area contributed by atoms with E-state index in [-0.39, 0.29) is 5.91 Å². The summed E-state index contributed by atoms with van der Waals surface area (Å²) in [4.78, 5) is 20.7. The molecule has 0 spiro atoms. The van der Waals surface area contributed by atoms with Gasteiger partial charge in [-0.05, 0) is 51.6 Å². The predicted molar refractivity (Wildman–Crippen MR) is 95.7 cm³/mol. The minimum atomic E-state index is -0.00471. The quantitative estimate of drug-likeness (QED) is 0.904. The zero-order valence-corrected chi connectivity index (χ0v) is 15.2. The lowest BCUT2D eigenvalue weighted by Gasteiger charge is -2.30. The molecular weight excluding hydrogens is 342 g/mol. The number of aromatic nitrogens is 3. The minimum absolute atomic E-state index is 0.00471. The molecule has 128 valence electrons. The maximum Gasteiger partial charge on any atom is 0.240 e. The lowest BCUT2D eigenvalue weighted by atomic mass is 9.97. The fraction of sp³-hybridized carbons (Fsp3) is 0.625. The topological polar surface area (TPSA) is 71.0 Å². The van der Waals surface area contributed by atoms with E-state index in [4.69, 9.17) is 4.98 Å². The molecule has 1 aliphatic carbocycles. The molecule has 0 atom stereocenters. The third kappa shape index (κ3) is 3.65. The molecule has 3 heterocycles. The number of hydrogen-bond donors (Lipinski definition) is 1. The summed E-state index contributed by atoms with van der Waals surface area (Å²) in [7, 11) is 0. The first-order valence-electron chi connectivity index (χ1n) is 8.55. The highest BCUT2D eigenvalue weighted by Crippen LogP contribution is 2.35. The van der Waals surface area contributed by atoms with Crippen LogP contribution in [0.2, 0.25) is 0 Å². The number of fused-ring (bicyclic) bond motifs is 1. The van der Waals surface area contributed by atoms with E-state index >= 15 is 0 Å². The van der Waals surface area contributed by atoms with E-state index in [1.54, 1.807) is 5.51 Å². The van der Waals surface area contributed by atoms with Crippen molar-refractivity contribution in [1.82, 2.24) is 20.1 Å². The minimum Gasteiger partial charge on any atom is -0.299 e. The molecule has 1 amide bonds. The van der Waals surface area contributed by atoms with E-state index < -0.39 is 0 Å². The summed E-state index contributed by atoms with van der Waals surface area (Å²) in [5.74, 6) is 0.568. The van der Waals surface area contributed by atoms with Gasteiger partial charge in [0.25, 0.3) is 0 Å². The van der Waals surface area contributed by atoms with Gasteiger partial charge in [0.15, 0.2) is 0 Å². The van der Waals surface area contributed by atoms with Crippen molar-refractivity contribution in [2.75, 3.05) is 25.0 Å². The van der Waals surface area contributed by atoms with Gasteiger partial charge < -0.3 is 0 Å². The summed E-state index contributed by atoms with van der Waals surface area (Å²) < 4.78 is 0. The van der Waals surface area contributed by atoms with Gasteiger partial charge in [-0.3, -0.25) is 15.0 Å². The largest absolute Gasteiger partial charge is 0.299 e. The van der Waals surface area contributed by atoms with Crippen molar-refractivity contribution in [3.05, 3.63) is 21.1 Å². The number of carbonyl (C=O) groups is 1. The molecule has 1 aliphatic heterocycles. The Morgan fingerprint density at radius 3 is 2.88 bits per heavy atom. The Labute approximate surface area is 149 Å². The lowest BCUT2D eigenvalue weighted by Crippen LogP contribution is -2.38. The van der Waals surface area contributed by atoms with E-state index in [9.17, 15) is 4.79 Å². The monoisotopic (exact) mass is 363 g/mol. The number of piperidine rings is 1. The van der Waals surface area contributed by atoms with Crippen molar-refractivity contribution >= 4 is 33.7 Å².